The third kappa shape index (κ3) is 9.93. The summed E-state index contributed by atoms with van der Waals surface area (Å²) in [6.07, 6.45) is 4.11. The average Bonchev–Trinajstić information content (AvgIpc) is 3.74. The molecule has 54 heavy (non-hydrogen) atoms. The van der Waals surface area contributed by atoms with Crippen molar-refractivity contribution in [2.24, 2.45) is 5.41 Å². The molecule has 3 aromatic rings. The smallest absolute Gasteiger partial charge is 0.410 e. The van der Waals surface area contributed by atoms with Crippen LogP contribution in [-0.4, -0.2) is 93.7 Å². The standard InChI is InChI=1S/C39H52N6O6.CO2/c1-24(43(8)37(50)51-39(5,6)7)33(46)42-32(38(2,3)4)35(48)45-23-27(40-36(49)44-21-20-26-15-10-12-19-30(26)44)22-31(45)34(47)41-29-18-13-16-25-14-9-11-17-28(25)29;2-1-3/h9-12,14-15,17,19-21,24,27,29,31-32H,13,16,18,22-23H2,1-8H3,(H,40,49)(H,41,47)(H,42,46);/t24-,27-,29?,31-,32+;/m0./s1. The lowest BCUT2D eigenvalue weighted by Crippen LogP contribution is -2.60. The van der Waals surface area contributed by atoms with Crippen molar-refractivity contribution in [1.82, 2.24) is 30.3 Å². The van der Waals surface area contributed by atoms with Gasteiger partial charge in [-0.25, -0.2) is 9.59 Å². The van der Waals surface area contributed by atoms with Crippen LogP contribution in [0, 0.1) is 5.41 Å². The van der Waals surface area contributed by atoms with Gasteiger partial charge in [0, 0.05) is 25.2 Å². The normalized spacial score (nSPS) is 19.2. The maximum Gasteiger partial charge on any atom is 0.410 e. The molecule has 5 atom stereocenters. The minimum atomic E-state index is -1.05. The van der Waals surface area contributed by atoms with Gasteiger partial charge < -0.3 is 25.6 Å². The molecule has 1 fully saturated rings. The highest BCUT2D eigenvalue weighted by Gasteiger charge is 2.46. The van der Waals surface area contributed by atoms with E-state index in [1.54, 1.807) is 33.9 Å². The predicted molar refractivity (Wildman–Crippen MR) is 200 cm³/mol. The van der Waals surface area contributed by atoms with Crippen molar-refractivity contribution in [2.75, 3.05) is 13.6 Å². The Morgan fingerprint density at radius 3 is 2.24 bits per heavy atom. The molecule has 0 spiro atoms. The lowest BCUT2D eigenvalue weighted by Gasteiger charge is -2.37. The molecule has 5 amide bonds. The molecule has 2 heterocycles. The topological polar surface area (TPSA) is 176 Å². The number of amides is 5. The molecule has 0 radical (unpaired) electrons. The summed E-state index contributed by atoms with van der Waals surface area (Å²) < 4.78 is 6.96. The monoisotopic (exact) mass is 744 g/mol. The Morgan fingerprint density at radius 1 is 0.926 bits per heavy atom. The van der Waals surface area contributed by atoms with E-state index in [-0.39, 0.29) is 37.1 Å². The second-order valence-corrected chi connectivity index (χ2v) is 15.9. The number of para-hydroxylation sites is 1. The first-order chi connectivity index (χ1) is 25.4. The molecular formula is C40H52N6O8. The molecule has 290 valence electrons. The number of nitrogens with one attached hydrogen (secondary N) is 3. The molecule has 0 saturated carbocycles. The second-order valence-electron chi connectivity index (χ2n) is 15.9. The molecule has 1 saturated heterocycles. The fourth-order valence-corrected chi connectivity index (χ4v) is 6.85. The van der Waals surface area contributed by atoms with Gasteiger partial charge >= 0.3 is 18.3 Å². The molecule has 5 rings (SSSR count). The number of fused-ring (bicyclic) bond motifs is 2. The Labute approximate surface area is 315 Å². The summed E-state index contributed by atoms with van der Waals surface area (Å²) in [6.45, 7) is 12.3. The SMILES string of the molecule is C[C@@H](C(=O)N[C@H](C(=O)N1C[C@@H](NC(=O)n2ccc3ccccc32)C[C@H]1C(=O)NC1CCCc2ccccc21)C(C)(C)C)N(C)C(=O)OC(C)(C)C.O=C=O. The maximum atomic E-state index is 14.6. The summed E-state index contributed by atoms with van der Waals surface area (Å²) in [5.74, 6) is -1.31. The summed E-state index contributed by atoms with van der Waals surface area (Å²) in [7, 11) is 1.47. The van der Waals surface area contributed by atoms with Gasteiger partial charge in [0.15, 0.2) is 0 Å². The molecule has 2 aliphatic rings. The van der Waals surface area contributed by atoms with Crippen molar-refractivity contribution in [3.63, 3.8) is 0 Å². The van der Waals surface area contributed by atoms with E-state index in [2.05, 4.69) is 22.0 Å². The lowest BCUT2D eigenvalue weighted by atomic mass is 9.85. The van der Waals surface area contributed by atoms with Gasteiger partial charge in [-0.15, -0.1) is 0 Å². The van der Waals surface area contributed by atoms with Crippen molar-refractivity contribution < 1.29 is 38.3 Å². The fourth-order valence-electron chi connectivity index (χ4n) is 6.85. The summed E-state index contributed by atoms with van der Waals surface area (Å²) >= 11 is 0. The van der Waals surface area contributed by atoms with Crippen LogP contribution in [-0.2, 0) is 35.1 Å². The Bertz CT molecular complexity index is 1890. The third-order valence-electron chi connectivity index (χ3n) is 9.76. The van der Waals surface area contributed by atoms with Crippen molar-refractivity contribution in [1.29, 1.82) is 0 Å². The number of aromatic nitrogens is 1. The highest BCUT2D eigenvalue weighted by Crippen LogP contribution is 2.31. The van der Waals surface area contributed by atoms with Crippen molar-refractivity contribution in [3.8, 4) is 0 Å². The number of carbonyl (C=O) groups is 5. The summed E-state index contributed by atoms with van der Waals surface area (Å²) in [6, 6.07) is 13.4. The van der Waals surface area contributed by atoms with E-state index in [0.29, 0.717) is 0 Å². The van der Waals surface area contributed by atoms with Crippen LogP contribution in [0.2, 0.25) is 0 Å². The summed E-state index contributed by atoms with van der Waals surface area (Å²) in [5, 5.41) is 10.1. The zero-order valence-corrected chi connectivity index (χ0v) is 32.3. The fraction of sp³-hybridized carbons (Fsp3) is 0.500. The van der Waals surface area contributed by atoms with E-state index < -0.39 is 53.1 Å². The third-order valence-corrected chi connectivity index (χ3v) is 9.76. The Hall–Kier alpha value is -5.49. The average molecular weight is 745 g/mol. The summed E-state index contributed by atoms with van der Waals surface area (Å²) in [5.41, 5.74) is 1.48. The quantitative estimate of drug-likeness (QED) is 0.315. The number of likely N-dealkylation sites (tertiary alicyclic amines) is 1. The van der Waals surface area contributed by atoms with E-state index in [1.165, 1.54) is 27.0 Å². The van der Waals surface area contributed by atoms with Crippen LogP contribution in [0.3, 0.4) is 0 Å². The zero-order valence-electron chi connectivity index (χ0n) is 32.3. The highest BCUT2D eigenvalue weighted by atomic mass is 16.6. The molecule has 0 bridgehead atoms. The highest BCUT2D eigenvalue weighted by molar-refractivity contribution is 5.95. The van der Waals surface area contributed by atoms with Crippen molar-refractivity contribution in [3.05, 3.63) is 71.9 Å². The Kier molecular flexibility index (Phi) is 13.1. The van der Waals surface area contributed by atoms with E-state index in [1.807, 2.05) is 69.3 Å². The van der Waals surface area contributed by atoms with Crippen LogP contribution in [0.1, 0.15) is 84.9 Å². The number of benzene rings is 2. The Balaban J connectivity index is 0.00000209. The van der Waals surface area contributed by atoms with Gasteiger partial charge in [0.05, 0.1) is 17.6 Å². The molecule has 3 N–H and O–H groups in total. The first kappa shape index (κ1) is 41.3. The number of likely N-dealkylation sites (N-methyl/N-ethyl adjacent to an activating group) is 1. The van der Waals surface area contributed by atoms with Gasteiger partial charge in [-0.05, 0) is 82.1 Å². The number of nitrogens with zero attached hydrogens (tertiary/aromatic N) is 3. The van der Waals surface area contributed by atoms with E-state index >= 15 is 0 Å². The van der Waals surface area contributed by atoms with Crippen molar-refractivity contribution in [2.45, 2.75) is 110 Å². The maximum absolute atomic E-state index is 14.6. The summed E-state index contributed by atoms with van der Waals surface area (Å²) in [4.78, 5) is 87.6. The number of aryl methyl sites for hydroxylation is 1. The van der Waals surface area contributed by atoms with Crippen LogP contribution < -0.4 is 16.0 Å². The molecule has 1 unspecified atom stereocenters. The number of carbonyl (C=O) groups excluding carboxylic acids is 7. The van der Waals surface area contributed by atoms with Crippen LogP contribution in [0.15, 0.2) is 60.8 Å². The number of rotatable bonds is 7. The van der Waals surface area contributed by atoms with Crippen LogP contribution in [0.25, 0.3) is 10.9 Å². The van der Waals surface area contributed by atoms with Crippen LogP contribution in [0.4, 0.5) is 9.59 Å². The van der Waals surface area contributed by atoms with Gasteiger partial charge in [-0.1, -0.05) is 63.2 Å². The molecule has 1 aromatic heterocycles. The van der Waals surface area contributed by atoms with Gasteiger partial charge in [0.25, 0.3) is 0 Å². The first-order valence-corrected chi connectivity index (χ1v) is 18.2. The molecule has 14 nitrogen and oxygen atoms in total. The largest absolute Gasteiger partial charge is 0.444 e. The van der Waals surface area contributed by atoms with Crippen LogP contribution >= 0.6 is 0 Å². The van der Waals surface area contributed by atoms with E-state index in [4.69, 9.17) is 14.3 Å². The van der Waals surface area contributed by atoms with E-state index in [9.17, 15) is 24.0 Å². The Morgan fingerprint density at radius 2 is 1.57 bits per heavy atom. The van der Waals surface area contributed by atoms with Gasteiger partial charge in [-0.3, -0.25) is 23.9 Å². The molecule has 14 heteroatoms. The van der Waals surface area contributed by atoms with Gasteiger partial charge in [0.2, 0.25) is 17.7 Å². The number of hydrogen-bond donors (Lipinski definition) is 3. The van der Waals surface area contributed by atoms with Gasteiger partial charge in [0.1, 0.15) is 23.7 Å². The molecule has 1 aliphatic heterocycles. The predicted octanol–water partition coefficient (Wildman–Crippen LogP) is 4.57. The molecule has 1 aliphatic carbocycles. The zero-order chi connectivity index (χ0) is 40.0. The first-order valence-electron chi connectivity index (χ1n) is 18.2. The lowest BCUT2D eigenvalue weighted by molar-refractivity contribution is -0.191. The second kappa shape index (κ2) is 17.1. The van der Waals surface area contributed by atoms with Gasteiger partial charge in [-0.2, -0.15) is 9.59 Å². The van der Waals surface area contributed by atoms with E-state index in [0.717, 1.165) is 35.7 Å². The number of ether oxygens (including phenoxy) is 1. The minimum absolute atomic E-state index is 0.0684. The van der Waals surface area contributed by atoms with Crippen molar-refractivity contribution >= 4 is 46.9 Å². The molecular weight excluding hydrogens is 692 g/mol. The molecule has 2 aromatic carbocycles. The van der Waals surface area contributed by atoms with Crippen LogP contribution in [0.5, 0.6) is 0 Å². The number of hydrogen-bond acceptors (Lipinski definition) is 8. The minimum Gasteiger partial charge on any atom is -0.444 e.